The third kappa shape index (κ3) is 7.20. The second kappa shape index (κ2) is 12.6. The van der Waals surface area contributed by atoms with Gasteiger partial charge < -0.3 is 14.2 Å². The van der Waals surface area contributed by atoms with Crippen molar-refractivity contribution in [3.05, 3.63) is 83.9 Å². The van der Waals surface area contributed by atoms with E-state index in [2.05, 4.69) is 13.8 Å². The average molecular weight is 461 g/mol. The molecule has 0 spiro atoms. The van der Waals surface area contributed by atoms with Crippen molar-refractivity contribution in [2.24, 2.45) is 5.92 Å². The number of esters is 2. The summed E-state index contributed by atoms with van der Waals surface area (Å²) in [5, 5.41) is 0. The van der Waals surface area contributed by atoms with Crippen molar-refractivity contribution in [2.45, 2.75) is 40.0 Å². The van der Waals surface area contributed by atoms with E-state index in [1.165, 1.54) is 0 Å². The van der Waals surface area contributed by atoms with Crippen molar-refractivity contribution >= 4 is 11.9 Å². The zero-order valence-electron chi connectivity index (χ0n) is 20.1. The van der Waals surface area contributed by atoms with Crippen molar-refractivity contribution in [1.29, 1.82) is 0 Å². The van der Waals surface area contributed by atoms with E-state index in [1.807, 2.05) is 43.3 Å². The summed E-state index contributed by atoms with van der Waals surface area (Å²) < 4.78 is 16.4. The minimum Gasteiger partial charge on any atom is -0.494 e. The van der Waals surface area contributed by atoms with E-state index in [1.54, 1.807) is 36.4 Å². The van der Waals surface area contributed by atoms with Gasteiger partial charge in [0.15, 0.2) is 0 Å². The van der Waals surface area contributed by atoms with Crippen LogP contribution in [-0.4, -0.2) is 25.2 Å². The van der Waals surface area contributed by atoms with Crippen LogP contribution in [0.5, 0.6) is 11.5 Å². The van der Waals surface area contributed by atoms with E-state index >= 15 is 0 Å². The molecule has 0 N–H and O–H groups in total. The molecule has 0 saturated heterocycles. The maximum absolute atomic E-state index is 12.5. The van der Waals surface area contributed by atoms with E-state index in [9.17, 15) is 9.59 Å². The van der Waals surface area contributed by atoms with Gasteiger partial charge in [-0.2, -0.15) is 0 Å². The summed E-state index contributed by atoms with van der Waals surface area (Å²) in [4.78, 5) is 24.6. The highest BCUT2D eigenvalue weighted by atomic mass is 16.5. The highest BCUT2D eigenvalue weighted by Gasteiger charge is 2.12. The minimum absolute atomic E-state index is 0.319. The summed E-state index contributed by atoms with van der Waals surface area (Å²) in [5.41, 5.74) is 2.91. The molecular weight excluding hydrogens is 428 g/mol. The van der Waals surface area contributed by atoms with Crippen molar-refractivity contribution in [3.8, 4) is 22.6 Å². The van der Waals surface area contributed by atoms with Crippen LogP contribution in [-0.2, 0) is 4.74 Å². The molecule has 3 aromatic rings. The van der Waals surface area contributed by atoms with E-state index < -0.39 is 5.97 Å². The molecule has 0 saturated carbocycles. The van der Waals surface area contributed by atoms with Crippen LogP contribution in [0.4, 0.5) is 0 Å². The zero-order valence-corrected chi connectivity index (χ0v) is 20.1. The topological polar surface area (TPSA) is 61.8 Å². The Morgan fingerprint density at radius 1 is 0.735 bits per heavy atom. The van der Waals surface area contributed by atoms with Crippen molar-refractivity contribution in [1.82, 2.24) is 0 Å². The number of rotatable bonds is 11. The number of carbonyl (C=O) groups excluding carboxylic acids is 2. The maximum atomic E-state index is 12.5. The van der Waals surface area contributed by atoms with Gasteiger partial charge in [0.25, 0.3) is 0 Å². The van der Waals surface area contributed by atoms with Gasteiger partial charge in [-0.1, -0.05) is 57.9 Å². The molecule has 5 nitrogen and oxygen atoms in total. The van der Waals surface area contributed by atoms with Gasteiger partial charge in [0.2, 0.25) is 0 Å². The van der Waals surface area contributed by atoms with Crippen LogP contribution in [0.3, 0.4) is 0 Å². The lowest BCUT2D eigenvalue weighted by atomic mass is 10.0. The smallest absolute Gasteiger partial charge is 0.343 e. The van der Waals surface area contributed by atoms with Crippen LogP contribution in [0.25, 0.3) is 11.1 Å². The average Bonchev–Trinajstić information content (AvgIpc) is 2.88. The molecule has 0 aliphatic carbocycles. The van der Waals surface area contributed by atoms with Crippen LogP contribution in [0.15, 0.2) is 72.8 Å². The Hall–Kier alpha value is -3.60. The Kier molecular flexibility index (Phi) is 9.27. The maximum Gasteiger partial charge on any atom is 0.343 e. The summed E-state index contributed by atoms with van der Waals surface area (Å²) in [7, 11) is 0. The first-order chi connectivity index (χ1) is 16.5. The summed E-state index contributed by atoms with van der Waals surface area (Å²) in [5.74, 6) is 0.700. The molecular formula is C29H32O5. The largest absolute Gasteiger partial charge is 0.494 e. The van der Waals surface area contributed by atoms with Crippen LogP contribution in [0.2, 0.25) is 0 Å². The third-order valence-electron chi connectivity index (χ3n) is 5.57. The molecule has 1 unspecified atom stereocenters. The molecule has 1 atom stereocenters. The summed E-state index contributed by atoms with van der Waals surface area (Å²) in [6.07, 6.45) is 3.09. The molecule has 0 amide bonds. The predicted molar refractivity (Wildman–Crippen MR) is 133 cm³/mol. The number of unbranched alkanes of at least 4 members (excludes halogenated alkanes) is 1. The zero-order chi connectivity index (χ0) is 24.3. The van der Waals surface area contributed by atoms with Crippen LogP contribution in [0.1, 0.15) is 60.7 Å². The Labute approximate surface area is 201 Å². The van der Waals surface area contributed by atoms with Crippen LogP contribution < -0.4 is 9.47 Å². The van der Waals surface area contributed by atoms with E-state index in [-0.39, 0.29) is 5.97 Å². The highest BCUT2D eigenvalue weighted by Crippen LogP contribution is 2.24. The fourth-order valence-electron chi connectivity index (χ4n) is 3.12. The summed E-state index contributed by atoms with van der Waals surface area (Å²) >= 11 is 0. The summed E-state index contributed by atoms with van der Waals surface area (Å²) in [6, 6.07) is 21.6. The summed E-state index contributed by atoms with van der Waals surface area (Å²) in [6.45, 7) is 7.33. The lowest BCUT2D eigenvalue weighted by molar-refractivity contribution is 0.0447. The van der Waals surface area contributed by atoms with E-state index in [0.717, 1.165) is 42.7 Å². The second-order valence-electron chi connectivity index (χ2n) is 8.33. The molecule has 0 aliphatic rings. The van der Waals surface area contributed by atoms with Gasteiger partial charge >= 0.3 is 11.9 Å². The molecule has 0 bridgehead atoms. The lowest BCUT2D eigenvalue weighted by Gasteiger charge is -2.10. The van der Waals surface area contributed by atoms with Gasteiger partial charge in [-0.05, 0) is 72.0 Å². The number of benzene rings is 3. The first-order valence-corrected chi connectivity index (χ1v) is 11.8. The second-order valence-corrected chi connectivity index (χ2v) is 8.33. The van der Waals surface area contributed by atoms with Crippen LogP contribution in [0, 0.1) is 5.92 Å². The Bertz CT molecular complexity index is 1050. The van der Waals surface area contributed by atoms with Gasteiger partial charge in [-0.15, -0.1) is 0 Å². The number of hydrogen-bond donors (Lipinski definition) is 0. The Morgan fingerprint density at radius 3 is 1.85 bits per heavy atom. The first kappa shape index (κ1) is 25.0. The Morgan fingerprint density at radius 2 is 1.26 bits per heavy atom. The number of ether oxygens (including phenoxy) is 3. The predicted octanol–water partition coefficient (Wildman–Crippen LogP) is 6.95. The van der Waals surface area contributed by atoms with Gasteiger partial charge in [0, 0.05) is 0 Å². The monoisotopic (exact) mass is 460 g/mol. The molecule has 0 aliphatic heterocycles. The molecule has 0 aromatic heterocycles. The molecule has 178 valence electrons. The van der Waals surface area contributed by atoms with Gasteiger partial charge in [0.1, 0.15) is 11.5 Å². The molecule has 3 rings (SSSR count). The molecule has 34 heavy (non-hydrogen) atoms. The van der Waals surface area contributed by atoms with E-state index in [4.69, 9.17) is 14.2 Å². The van der Waals surface area contributed by atoms with E-state index in [0.29, 0.717) is 29.4 Å². The van der Waals surface area contributed by atoms with Crippen molar-refractivity contribution in [3.63, 3.8) is 0 Å². The molecule has 3 aromatic carbocycles. The minimum atomic E-state index is -0.460. The van der Waals surface area contributed by atoms with Gasteiger partial charge in [-0.3, -0.25) is 0 Å². The molecule has 0 radical (unpaired) electrons. The van der Waals surface area contributed by atoms with Crippen LogP contribution >= 0.6 is 0 Å². The quantitative estimate of drug-likeness (QED) is 0.176. The molecule has 5 heteroatoms. The lowest BCUT2D eigenvalue weighted by Crippen LogP contribution is -2.12. The fourth-order valence-corrected chi connectivity index (χ4v) is 3.12. The van der Waals surface area contributed by atoms with Gasteiger partial charge in [0.05, 0.1) is 24.3 Å². The third-order valence-corrected chi connectivity index (χ3v) is 5.57. The standard InChI is InChI=1S/C29H32O5/c1-4-6-19-32-26-15-11-23(12-16-26)22-7-9-25(10-8-22)29(31)34-27-17-13-24(14-18-27)28(30)33-20-21(3)5-2/h7-18,21H,4-6,19-20H2,1-3H3. The highest BCUT2D eigenvalue weighted by molar-refractivity contribution is 5.92. The fraction of sp³-hybridized carbons (Fsp3) is 0.310. The SMILES string of the molecule is CCCCOc1ccc(-c2ccc(C(=O)Oc3ccc(C(=O)OCC(C)CC)cc3)cc2)cc1. The van der Waals surface area contributed by atoms with Crippen molar-refractivity contribution < 1.29 is 23.8 Å². The Balaban J connectivity index is 1.56. The van der Waals surface area contributed by atoms with Gasteiger partial charge in [-0.25, -0.2) is 9.59 Å². The molecule has 0 heterocycles. The van der Waals surface area contributed by atoms with Crippen molar-refractivity contribution in [2.75, 3.05) is 13.2 Å². The number of hydrogen-bond acceptors (Lipinski definition) is 5. The first-order valence-electron chi connectivity index (χ1n) is 11.8. The molecule has 0 fully saturated rings. The number of carbonyl (C=O) groups is 2. The normalized spacial score (nSPS) is 11.5.